The molecule has 136 valence electrons. The van der Waals surface area contributed by atoms with Crippen molar-refractivity contribution >= 4 is 17.3 Å². The first-order chi connectivity index (χ1) is 11.7. The lowest BCUT2D eigenvalue weighted by Crippen LogP contribution is -2.40. The van der Waals surface area contributed by atoms with E-state index in [1.165, 1.54) is 35.6 Å². The summed E-state index contributed by atoms with van der Waals surface area (Å²) in [6.45, 7) is 6.74. The van der Waals surface area contributed by atoms with Gasteiger partial charge in [-0.05, 0) is 39.0 Å². The molecule has 1 aliphatic rings. The quantitative estimate of drug-likeness (QED) is 0.529. The molecule has 1 aliphatic carbocycles. The van der Waals surface area contributed by atoms with Crippen LogP contribution in [0.5, 0.6) is 0 Å². The number of aromatic nitrogens is 1. The van der Waals surface area contributed by atoms with Gasteiger partial charge in [0.25, 0.3) is 0 Å². The molecule has 0 bridgehead atoms. The summed E-state index contributed by atoms with van der Waals surface area (Å²) in [6.07, 6.45) is 9.68. The number of guanidine groups is 1. The summed E-state index contributed by atoms with van der Waals surface area (Å²) in [7, 11) is 1.82. The summed E-state index contributed by atoms with van der Waals surface area (Å²) < 4.78 is 5.98. The van der Waals surface area contributed by atoms with Crippen LogP contribution in [0.15, 0.2) is 11.2 Å². The largest absolute Gasteiger partial charge is 0.378 e. The molecule has 1 fully saturated rings. The van der Waals surface area contributed by atoms with Crippen molar-refractivity contribution in [3.8, 4) is 0 Å². The number of nitrogens with zero attached hydrogens (tertiary/aromatic N) is 2. The average Bonchev–Trinajstić information content (AvgIpc) is 3.24. The van der Waals surface area contributed by atoms with E-state index < -0.39 is 0 Å². The molecule has 1 heterocycles. The Balaban J connectivity index is 1.66. The topological polar surface area (TPSA) is 58.5 Å². The average molecular weight is 353 g/mol. The Morgan fingerprint density at radius 1 is 1.38 bits per heavy atom. The maximum atomic E-state index is 5.98. The van der Waals surface area contributed by atoms with E-state index in [-0.39, 0.29) is 0 Å². The van der Waals surface area contributed by atoms with Gasteiger partial charge in [0.05, 0.1) is 11.1 Å². The summed E-state index contributed by atoms with van der Waals surface area (Å²) in [5.74, 6) is 1.61. The molecule has 2 N–H and O–H groups in total. The first-order valence-electron chi connectivity index (χ1n) is 9.20. The van der Waals surface area contributed by atoms with Gasteiger partial charge in [0, 0.05) is 44.2 Å². The van der Waals surface area contributed by atoms with Gasteiger partial charge in [0.1, 0.15) is 0 Å². The first kappa shape index (κ1) is 19.2. The predicted molar refractivity (Wildman–Crippen MR) is 102 cm³/mol. The summed E-state index contributed by atoms with van der Waals surface area (Å²) >= 11 is 1.76. The summed E-state index contributed by atoms with van der Waals surface area (Å²) in [4.78, 5) is 9.96. The van der Waals surface area contributed by atoms with E-state index in [1.807, 2.05) is 13.2 Å². The fourth-order valence-corrected chi connectivity index (χ4v) is 4.14. The molecular weight excluding hydrogens is 320 g/mol. The van der Waals surface area contributed by atoms with Gasteiger partial charge in [-0.2, -0.15) is 0 Å². The number of rotatable bonds is 9. The van der Waals surface area contributed by atoms with E-state index in [0.717, 1.165) is 44.4 Å². The number of nitrogens with one attached hydrogen (secondary N) is 2. The van der Waals surface area contributed by atoms with Gasteiger partial charge in [0.2, 0.25) is 0 Å². The fourth-order valence-electron chi connectivity index (χ4n) is 3.36. The van der Waals surface area contributed by atoms with E-state index in [9.17, 15) is 0 Å². The Morgan fingerprint density at radius 3 is 2.75 bits per heavy atom. The van der Waals surface area contributed by atoms with Crippen molar-refractivity contribution in [2.45, 2.75) is 58.5 Å². The van der Waals surface area contributed by atoms with Crippen molar-refractivity contribution in [3.05, 3.63) is 16.1 Å². The van der Waals surface area contributed by atoms with Crippen LogP contribution in [-0.4, -0.2) is 43.8 Å². The third-order valence-electron chi connectivity index (χ3n) is 4.55. The minimum absolute atomic E-state index is 0.390. The van der Waals surface area contributed by atoms with E-state index in [1.54, 1.807) is 11.3 Å². The van der Waals surface area contributed by atoms with Gasteiger partial charge in [0.15, 0.2) is 5.96 Å². The highest BCUT2D eigenvalue weighted by Gasteiger charge is 2.25. The van der Waals surface area contributed by atoms with Crippen molar-refractivity contribution in [3.63, 3.8) is 0 Å². The standard InChI is InChI=1S/C18H32N4OS/c1-4-23-16(15-7-5-6-8-15)9-11-20-18(19-3)21-12-10-17-22-13-14(2)24-17/h13,15-16H,4-12H2,1-3H3,(H2,19,20,21). The molecule has 0 radical (unpaired) electrons. The first-order valence-corrected chi connectivity index (χ1v) is 10.0. The lowest BCUT2D eigenvalue weighted by Gasteiger charge is -2.24. The second-order valence-corrected chi connectivity index (χ2v) is 7.69. The highest BCUT2D eigenvalue weighted by Crippen LogP contribution is 2.30. The van der Waals surface area contributed by atoms with E-state index in [4.69, 9.17) is 4.74 Å². The molecule has 0 aliphatic heterocycles. The lowest BCUT2D eigenvalue weighted by molar-refractivity contribution is 0.0169. The molecule has 6 heteroatoms. The highest BCUT2D eigenvalue weighted by atomic mass is 32.1. The maximum Gasteiger partial charge on any atom is 0.190 e. The minimum atomic E-state index is 0.390. The zero-order valence-corrected chi connectivity index (χ0v) is 16.1. The Labute approximate surface area is 150 Å². The molecule has 0 spiro atoms. The van der Waals surface area contributed by atoms with Crippen molar-refractivity contribution < 1.29 is 4.74 Å². The summed E-state index contributed by atoms with van der Waals surface area (Å²) in [6, 6.07) is 0. The van der Waals surface area contributed by atoms with Crippen LogP contribution in [0.1, 0.15) is 48.9 Å². The molecule has 0 amide bonds. The monoisotopic (exact) mass is 352 g/mol. The fraction of sp³-hybridized carbons (Fsp3) is 0.778. The molecule has 1 aromatic heterocycles. The summed E-state index contributed by atoms with van der Waals surface area (Å²) in [5.41, 5.74) is 0. The smallest absolute Gasteiger partial charge is 0.190 e. The van der Waals surface area contributed by atoms with Gasteiger partial charge in [-0.25, -0.2) is 4.98 Å². The lowest BCUT2D eigenvalue weighted by atomic mass is 9.98. The van der Waals surface area contributed by atoms with E-state index in [0.29, 0.717) is 6.10 Å². The number of thiazole rings is 1. The van der Waals surface area contributed by atoms with E-state index in [2.05, 4.69) is 34.5 Å². The third-order valence-corrected chi connectivity index (χ3v) is 5.52. The number of hydrogen-bond donors (Lipinski definition) is 2. The van der Waals surface area contributed by atoms with Crippen molar-refractivity contribution in [2.24, 2.45) is 10.9 Å². The molecule has 1 unspecified atom stereocenters. The van der Waals surface area contributed by atoms with Crippen LogP contribution in [0.3, 0.4) is 0 Å². The zero-order chi connectivity index (χ0) is 17.2. The third kappa shape index (κ3) is 6.40. The van der Waals surface area contributed by atoms with Crippen LogP contribution >= 0.6 is 11.3 Å². The number of ether oxygens (including phenoxy) is 1. The SMILES string of the molecule is CCOC(CCNC(=NC)NCCc1ncc(C)s1)C1CCCC1. The van der Waals surface area contributed by atoms with Crippen LogP contribution < -0.4 is 10.6 Å². The molecular formula is C18H32N4OS. The van der Waals surface area contributed by atoms with Gasteiger partial charge < -0.3 is 15.4 Å². The number of aryl methyl sites for hydroxylation is 1. The molecule has 1 aromatic rings. The Bertz CT molecular complexity index is 497. The second kappa shape index (κ2) is 10.7. The van der Waals surface area contributed by atoms with Crippen LogP contribution in [0.25, 0.3) is 0 Å². The Kier molecular flexibility index (Phi) is 8.53. The molecule has 24 heavy (non-hydrogen) atoms. The van der Waals surface area contributed by atoms with Crippen molar-refractivity contribution in [1.29, 1.82) is 0 Å². The van der Waals surface area contributed by atoms with Crippen molar-refractivity contribution in [1.82, 2.24) is 15.6 Å². The molecule has 1 atom stereocenters. The molecule has 2 rings (SSSR count). The summed E-state index contributed by atoms with van der Waals surface area (Å²) in [5, 5.41) is 7.96. The second-order valence-electron chi connectivity index (χ2n) is 6.37. The number of aliphatic imine (C=N–C) groups is 1. The Morgan fingerprint density at radius 2 is 2.12 bits per heavy atom. The minimum Gasteiger partial charge on any atom is -0.378 e. The zero-order valence-electron chi connectivity index (χ0n) is 15.3. The van der Waals surface area contributed by atoms with Crippen LogP contribution in [0.2, 0.25) is 0 Å². The maximum absolute atomic E-state index is 5.98. The Hall–Kier alpha value is -1.14. The molecule has 5 nitrogen and oxygen atoms in total. The highest BCUT2D eigenvalue weighted by molar-refractivity contribution is 7.11. The van der Waals surface area contributed by atoms with Gasteiger partial charge in [-0.15, -0.1) is 11.3 Å². The van der Waals surface area contributed by atoms with E-state index >= 15 is 0 Å². The predicted octanol–water partition coefficient (Wildman–Crippen LogP) is 3.14. The van der Waals surface area contributed by atoms with Gasteiger partial charge in [-0.1, -0.05) is 12.8 Å². The van der Waals surface area contributed by atoms with Gasteiger partial charge >= 0.3 is 0 Å². The number of hydrogen-bond acceptors (Lipinski definition) is 4. The molecule has 1 saturated carbocycles. The van der Waals surface area contributed by atoms with Crippen molar-refractivity contribution in [2.75, 3.05) is 26.7 Å². The normalized spacial score (nSPS) is 17.2. The molecule has 0 saturated heterocycles. The molecule has 0 aromatic carbocycles. The van der Waals surface area contributed by atoms with Crippen LogP contribution in [0.4, 0.5) is 0 Å². The van der Waals surface area contributed by atoms with Crippen LogP contribution in [-0.2, 0) is 11.2 Å². The van der Waals surface area contributed by atoms with Crippen LogP contribution in [0, 0.1) is 12.8 Å². The van der Waals surface area contributed by atoms with Gasteiger partial charge in [-0.3, -0.25) is 4.99 Å².